The fourth-order valence-electron chi connectivity index (χ4n) is 2.36. The Hall–Kier alpha value is -0.610. The lowest BCUT2D eigenvalue weighted by atomic mass is 10.0. The van der Waals surface area contributed by atoms with Crippen molar-refractivity contribution in [2.24, 2.45) is 0 Å². The van der Waals surface area contributed by atoms with Crippen LogP contribution in [0.4, 0.5) is 0 Å². The fraction of sp³-hybridized carbons (Fsp3) is 0.500. The summed E-state index contributed by atoms with van der Waals surface area (Å²) in [6.45, 7) is 8.20. The summed E-state index contributed by atoms with van der Waals surface area (Å²) in [5.74, 6) is 0. The van der Waals surface area contributed by atoms with Crippen molar-refractivity contribution in [3.8, 4) is 0 Å². The van der Waals surface area contributed by atoms with Gasteiger partial charge < -0.3 is 5.32 Å². The van der Waals surface area contributed by atoms with E-state index in [1.807, 2.05) is 18.3 Å². The predicted molar refractivity (Wildman–Crippen MR) is 85.3 cm³/mol. The van der Waals surface area contributed by atoms with E-state index in [4.69, 9.17) is 0 Å². The second-order valence-corrected chi connectivity index (χ2v) is 4.42. The number of pyridine rings is 1. The molecule has 0 radical (unpaired) electrons. The molecular weight excluding hydrogens is 281 g/mol. The number of rotatable bonds is 5. The van der Waals surface area contributed by atoms with Crippen LogP contribution in [0, 0.1) is 0 Å². The monoisotopic (exact) mass is 303 g/mol. The second-order valence-electron chi connectivity index (χ2n) is 4.42. The van der Waals surface area contributed by atoms with Gasteiger partial charge in [-0.2, -0.15) is 0 Å². The molecule has 0 saturated carbocycles. The zero-order chi connectivity index (χ0) is 11.9. The molecule has 0 unspecified atom stereocenters. The van der Waals surface area contributed by atoms with Gasteiger partial charge in [-0.15, -0.1) is 31.4 Å². The van der Waals surface area contributed by atoms with Gasteiger partial charge in [-0.05, 0) is 25.0 Å². The molecule has 19 heavy (non-hydrogen) atoms. The van der Waals surface area contributed by atoms with Crippen LogP contribution in [0.1, 0.15) is 24.6 Å². The molecule has 3 nitrogen and oxygen atoms in total. The van der Waals surface area contributed by atoms with E-state index in [1.54, 1.807) is 0 Å². The third kappa shape index (κ3) is 5.49. The number of nitrogens with one attached hydrogen (secondary N) is 1. The number of hydrogen-bond acceptors (Lipinski definition) is 3. The lowest BCUT2D eigenvalue weighted by Crippen LogP contribution is -2.45. The summed E-state index contributed by atoms with van der Waals surface area (Å²) in [7, 11) is 0. The molecule has 1 atom stereocenters. The molecule has 108 valence electrons. The van der Waals surface area contributed by atoms with Crippen LogP contribution in [0.2, 0.25) is 0 Å². The van der Waals surface area contributed by atoms with E-state index < -0.39 is 0 Å². The molecular formula is C14H23Cl2N3. The van der Waals surface area contributed by atoms with Crippen molar-refractivity contribution in [2.45, 2.75) is 18.9 Å². The van der Waals surface area contributed by atoms with Crippen molar-refractivity contribution in [1.29, 1.82) is 0 Å². The number of piperazine rings is 1. The van der Waals surface area contributed by atoms with Crippen molar-refractivity contribution in [3.05, 3.63) is 42.7 Å². The first-order chi connectivity index (χ1) is 8.42. The first-order valence-electron chi connectivity index (χ1n) is 6.38. The summed E-state index contributed by atoms with van der Waals surface area (Å²) >= 11 is 0. The van der Waals surface area contributed by atoms with Crippen LogP contribution in [0.15, 0.2) is 37.1 Å². The van der Waals surface area contributed by atoms with E-state index in [-0.39, 0.29) is 24.8 Å². The predicted octanol–water partition coefficient (Wildman–Crippen LogP) is 2.84. The Bertz CT molecular complexity index is 340. The molecule has 2 rings (SSSR count). The lowest BCUT2D eigenvalue weighted by Gasteiger charge is -2.34. The van der Waals surface area contributed by atoms with Crippen LogP contribution in [0.5, 0.6) is 0 Å². The Morgan fingerprint density at radius 1 is 1.32 bits per heavy atom. The highest BCUT2D eigenvalue weighted by Gasteiger charge is 2.22. The van der Waals surface area contributed by atoms with Gasteiger partial charge in [-0.25, -0.2) is 0 Å². The van der Waals surface area contributed by atoms with E-state index in [0.29, 0.717) is 6.04 Å². The summed E-state index contributed by atoms with van der Waals surface area (Å²) in [6, 6.07) is 6.63. The molecule has 2 heterocycles. The van der Waals surface area contributed by atoms with Gasteiger partial charge in [0, 0.05) is 32.4 Å². The molecule has 1 fully saturated rings. The maximum atomic E-state index is 4.51. The summed E-state index contributed by atoms with van der Waals surface area (Å²) < 4.78 is 0. The van der Waals surface area contributed by atoms with Crippen LogP contribution in [-0.4, -0.2) is 36.1 Å². The minimum absolute atomic E-state index is 0. The average Bonchev–Trinajstić information content (AvgIpc) is 2.42. The van der Waals surface area contributed by atoms with Gasteiger partial charge in [-0.1, -0.05) is 12.1 Å². The Balaban J connectivity index is 0.00000162. The molecule has 1 aromatic rings. The number of halogens is 2. The van der Waals surface area contributed by atoms with Crippen LogP contribution < -0.4 is 5.32 Å². The molecule has 0 amide bonds. The summed E-state index contributed by atoms with van der Waals surface area (Å²) in [4.78, 5) is 7.04. The van der Waals surface area contributed by atoms with Gasteiger partial charge >= 0.3 is 0 Å². The van der Waals surface area contributed by atoms with Crippen molar-refractivity contribution in [3.63, 3.8) is 0 Å². The van der Waals surface area contributed by atoms with Gasteiger partial charge in [0.1, 0.15) is 0 Å². The highest BCUT2D eigenvalue weighted by molar-refractivity contribution is 5.85. The molecule has 0 bridgehead atoms. The minimum atomic E-state index is 0. The Kier molecular flexibility index (Phi) is 9.88. The average molecular weight is 304 g/mol. The normalized spacial score (nSPS) is 16.8. The first-order valence-corrected chi connectivity index (χ1v) is 6.38. The number of aromatic nitrogens is 1. The minimum Gasteiger partial charge on any atom is -0.314 e. The summed E-state index contributed by atoms with van der Waals surface area (Å²) in [5, 5.41) is 3.39. The van der Waals surface area contributed by atoms with Gasteiger partial charge in [0.25, 0.3) is 0 Å². The molecule has 1 saturated heterocycles. The van der Waals surface area contributed by atoms with Gasteiger partial charge in [0.15, 0.2) is 0 Å². The topological polar surface area (TPSA) is 28.2 Å². The molecule has 0 aliphatic carbocycles. The van der Waals surface area contributed by atoms with E-state index >= 15 is 0 Å². The van der Waals surface area contributed by atoms with E-state index in [9.17, 15) is 0 Å². The van der Waals surface area contributed by atoms with Gasteiger partial charge in [0.2, 0.25) is 0 Å². The van der Waals surface area contributed by atoms with E-state index in [0.717, 1.165) is 39.0 Å². The smallest absolute Gasteiger partial charge is 0.0575 e. The molecule has 0 aromatic carbocycles. The van der Waals surface area contributed by atoms with Crippen LogP contribution in [-0.2, 0) is 0 Å². The van der Waals surface area contributed by atoms with Crippen LogP contribution in [0.3, 0.4) is 0 Å². The molecule has 1 aromatic heterocycles. The zero-order valence-corrected chi connectivity index (χ0v) is 12.8. The van der Waals surface area contributed by atoms with Gasteiger partial charge in [0.05, 0.1) is 11.7 Å². The Morgan fingerprint density at radius 3 is 2.63 bits per heavy atom. The van der Waals surface area contributed by atoms with E-state index in [1.165, 1.54) is 5.69 Å². The fourth-order valence-corrected chi connectivity index (χ4v) is 2.36. The molecule has 1 N–H and O–H groups in total. The van der Waals surface area contributed by atoms with Crippen molar-refractivity contribution < 1.29 is 0 Å². The molecule has 1 aliphatic rings. The third-order valence-corrected chi connectivity index (χ3v) is 3.27. The maximum Gasteiger partial charge on any atom is 0.0575 e. The summed E-state index contributed by atoms with van der Waals surface area (Å²) in [6.07, 6.45) is 6.04. The second kappa shape index (κ2) is 10.2. The summed E-state index contributed by atoms with van der Waals surface area (Å²) in [5.41, 5.74) is 1.19. The van der Waals surface area contributed by atoms with Crippen molar-refractivity contribution in [1.82, 2.24) is 15.2 Å². The van der Waals surface area contributed by atoms with Crippen molar-refractivity contribution >= 4 is 24.8 Å². The molecule has 5 heteroatoms. The number of nitrogens with zero attached hydrogens (tertiary/aromatic N) is 2. The Morgan fingerprint density at radius 2 is 2.05 bits per heavy atom. The highest BCUT2D eigenvalue weighted by atomic mass is 35.5. The first kappa shape index (κ1) is 18.4. The Labute approximate surface area is 128 Å². The maximum absolute atomic E-state index is 4.51. The number of hydrogen-bond donors (Lipinski definition) is 1. The quantitative estimate of drug-likeness (QED) is 0.848. The molecule has 0 spiro atoms. The third-order valence-electron chi connectivity index (χ3n) is 3.27. The van der Waals surface area contributed by atoms with E-state index in [2.05, 4.69) is 33.9 Å². The molecule has 1 aliphatic heterocycles. The highest BCUT2D eigenvalue weighted by Crippen LogP contribution is 2.24. The van der Waals surface area contributed by atoms with Crippen LogP contribution in [0.25, 0.3) is 0 Å². The van der Waals surface area contributed by atoms with Crippen molar-refractivity contribution in [2.75, 3.05) is 26.2 Å². The largest absolute Gasteiger partial charge is 0.314 e. The number of allylic oxidation sites excluding steroid dienone is 1. The zero-order valence-electron chi connectivity index (χ0n) is 11.1. The lowest BCUT2D eigenvalue weighted by molar-refractivity contribution is 0.163. The van der Waals surface area contributed by atoms with Gasteiger partial charge in [-0.3, -0.25) is 9.88 Å². The SMILES string of the molecule is C=CCC[C@H](c1ccccn1)N1CCNCC1.Cl.Cl. The van der Waals surface area contributed by atoms with Crippen LogP contribution >= 0.6 is 24.8 Å². The standard InChI is InChI=1S/C14H21N3.2ClH/c1-2-3-7-14(13-6-4-5-8-16-13)17-11-9-15-10-12-17;;/h2,4-6,8,14-15H,1,3,7,9-12H2;2*1H/t14-;;/m1../s1.